The molecule has 0 radical (unpaired) electrons. The van der Waals surface area contributed by atoms with Gasteiger partial charge in [-0.3, -0.25) is 9.20 Å². The molecule has 1 N–H and O–H groups in total. The molecular weight excluding hydrogens is 449 g/mol. The molecule has 0 spiro atoms. The number of fused-ring (bicyclic) bond motifs is 2. The first-order valence-corrected chi connectivity index (χ1v) is 11.8. The molecule has 1 amide bonds. The number of carbonyl (C=O) groups is 1. The Balaban J connectivity index is 1.31. The lowest BCUT2D eigenvalue weighted by molar-refractivity contribution is 0.0944. The molecule has 0 saturated heterocycles. The van der Waals surface area contributed by atoms with Gasteiger partial charge in [0.1, 0.15) is 17.3 Å². The number of nitrogens with one attached hydrogen (secondary N) is 1. The molecular formula is C25H28FN7O2. The average Bonchev–Trinajstić information content (AvgIpc) is 3.43. The van der Waals surface area contributed by atoms with Crippen molar-refractivity contribution in [1.82, 2.24) is 34.4 Å². The maximum Gasteiger partial charge on any atom is 0.270 e. The maximum absolute atomic E-state index is 15.0. The van der Waals surface area contributed by atoms with Crippen LogP contribution >= 0.6 is 0 Å². The van der Waals surface area contributed by atoms with Crippen LogP contribution in [0, 0.1) is 18.7 Å². The van der Waals surface area contributed by atoms with Gasteiger partial charge in [-0.2, -0.15) is 5.10 Å². The highest BCUT2D eigenvalue weighted by molar-refractivity contribution is 5.94. The lowest BCUT2D eigenvalue weighted by Crippen LogP contribution is -2.25. The Morgan fingerprint density at radius 2 is 2.17 bits per heavy atom. The number of imidazole rings is 1. The number of rotatable bonds is 7. The maximum atomic E-state index is 15.0. The number of carbonyl (C=O) groups excluding carboxylic acids is 1. The molecule has 182 valence electrons. The van der Waals surface area contributed by atoms with E-state index in [1.165, 1.54) is 6.07 Å². The zero-order valence-electron chi connectivity index (χ0n) is 20.1. The minimum absolute atomic E-state index is 0.178. The summed E-state index contributed by atoms with van der Waals surface area (Å²) < 4.78 is 23.8. The van der Waals surface area contributed by atoms with E-state index in [0.29, 0.717) is 53.1 Å². The highest BCUT2D eigenvalue weighted by Crippen LogP contribution is 2.25. The van der Waals surface area contributed by atoms with Gasteiger partial charge in [-0.15, -0.1) is 0 Å². The van der Waals surface area contributed by atoms with Crippen LogP contribution in [0.5, 0.6) is 0 Å². The predicted octanol–water partition coefficient (Wildman–Crippen LogP) is 3.14. The van der Waals surface area contributed by atoms with Crippen molar-refractivity contribution in [2.24, 2.45) is 5.92 Å². The predicted molar refractivity (Wildman–Crippen MR) is 127 cm³/mol. The number of methoxy groups -OCH3 is 1. The molecule has 3 aromatic heterocycles. The Kier molecular flexibility index (Phi) is 6.29. The number of ether oxygens (including phenoxy) is 1. The van der Waals surface area contributed by atoms with Gasteiger partial charge in [0.2, 0.25) is 5.78 Å². The molecule has 1 aliphatic rings. The molecule has 4 aromatic rings. The molecule has 1 atom stereocenters. The molecule has 0 aliphatic carbocycles. The van der Waals surface area contributed by atoms with Crippen LogP contribution in [0.3, 0.4) is 0 Å². The van der Waals surface area contributed by atoms with Crippen molar-refractivity contribution in [1.29, 1.82) is 0 Å². The third-order valence-corrected chi connectivity index (χ3v) is 6.33. The third-order valence-electron chi connectivity index (χ3n) is 6.33. The summed E-state index contributed by atoms with van der Waals surface area (Å²) in [5, 5.41) is 7.40. The SMILES string of the molecule is CCc1nc2ncc(C)cn2c1C(=O)NCc1ccc(-c2nc3n(n2)CCC(COC)C3)c(F)c1. The number of amides is 1. The van der Waals surface area contributed by atoms with E-state index in [9.17, 15) is 4.79 Å². The minimum atomic E-state index is -0.419. The van der Waals surface area contributed by atoms with Gasteiger partial charge in [-0.05, 0) is 48.9 Å². The van der Waals surface area contributed by atoms with Crippen molar-refractivity contribution in [2.75, 3.05) is 13.7 Å². The van der Waals surface area contributed by atoms with E-state index in [1.54, 1.807) is 29.8 Å². The summed E-state index contributed by atoms with van der Waals surface area (Å²) in [5.74, 6) is 1.43. The number of benzene rings is 1. The Labute approximate surface area is 202 Å². The number of nitrogens with zero attached hydrogens (tertiary/aromatic N) is 6. The molecule has 0 saturated carbocycles. The number of hydrogen-bond donors (Lipinski definition) is 1. The second kappa shape index (κ2) is 9.53. The van der Waals surface area contributed by atoms with Crippen LogP contribution in [0.25, 0.3) is 17.2 Å². The van der Waals surface area contributed by atoms with E-state index in [-0.39, 0.29) is 12.5 Å². The fraction of sp³-hybridized carbons (Fsp3) is 0.400. The summed E-state index contributed by atoms with van der Waals surface area (Å²) in [7, 11) is 1.70. The van der Waals surface area contributed by atoms with Gasteiger partial charge in [0.15, 0.2) is 5.82 Å². The Morgan fingerprint density at radius 1 is 1.31 bits per heavy atom. The molecule has 0 fully saturated rings. The molecule has 1 aromatic carbocycles. The van der Waals surface area contributed by atoms with Crippen LogP contribution in [-0.2, 0) is 30.7 Å². The van der Waals surface area contributed by atoms with Crippen molar-refractivity contribution in [3.05, 3.63) is 64.7 Å². The van der Waals surface area contributed by atoms with Crippen molar-refractivity contribution in [2.45, 2.75) is 46.2 Å². The fourth-order valence-corrected chi connectivity index (χ4v) is 4.54. The molecule has 10 heteroatoms. The Hall–Kier alpha value is -3.66. The zero-order valence-corrected chi connectivity index (χ0v) is 20.1. The highest BCUT2D eigenvalue weighted by atomic mass is 19.1. The van der Waals surface area contributed by atoms with E-state index < -0.39 is 5.82 Å². The lowest BCUT2D eigenvalue weighted by Gasteiger charge is -2.20. The lowest BCUT2D eigenvalue weighted by atomic mass is 9.99. The number of aryl methyl sites for hydroxylation is 3. The van der Waals surface area contributed by atoms with Crippen LogP contribution in [0.1, 0.15) is 46.5 Å². The van der Waals surface area contributed by atoms with Crippen molar-refractivity contribution >= 4 is 11.7 Å². The molecule has 4 heterocycles. The summed E-state index contributed by atoms with van der Waals surface area (Å²) in [6, 6.07) is 4.88. The smallest absolute Gasteiger partial charge is 0.270 e. The summed E-state index contributed by atoms with van der Waals surface area (Å²) in [6.45, 7) is 5.46. The van der Waals surface area contributed by atoms with Gasteiger partial charge in [0.05, 0.1) is 11.3 Å². The average molecular weight is 478 g/mol. The Morgan fingerprint density at radius 3 is 2.94 bits per heavy atom. The number of aromatic nitrogens is 6. The molecule has 9 nitrogen and oxygen atoms in total. The second-order valence-electron chi connectivity index (χ2n) is 8.95. The van der Waals surface area contributed by atoms with Gasteiger partial charge < -0.3 is 10.1 Å². The van der Waals surface area contributed by atoms with Crippen molar-refractivity contribution in [3.8, 4) is 11.4 Å². The summed E-state index contributed by atoms with van der Waals surface area (Å²) >= 11 is 0. The molecule has 35 heavy (non-hydrogen) atoms. The van der Waals surface area contributed by atoms with E-state index >= 15 is 4.39 Å². The number of hydrogen-bond acceptors (Lipinski definition) is 6. The molecule has 1 unspecified atom stereocenters. The van der Waals surface area contributed by atoms with Gasteiger partial charge in [-0.1, -0.05) is 13.0 Å². The first-order chi connectivity index (χ1) is 17.0. The Bertz CT molecular complexity index is 1390. The van der Waals surface area contributed by atoms with E-state index in [0.717, 1.165) is 30.8 Å². The standard InChI is InChI=1S/C25H28FN7O2/c1-4-20-22(32-13-15(2)11-28-25(32)29-20)24(34)27-12-16-5-6-18(19(26)9-16)23-30-21-10-17(14-35-3)7-8-33(21)31-23/h5-6,9,11,13,17H,4,7-8,10,12,14H2,1-3H3,(H,27,34). The van der Waals surface area contributed by atoms with Crippen LogP contribution in [0.4, 0.5) is 4.39 Å². The van der Waals surface area contributed by atoms with Crippen LogP contribution in [0.15, 0.2) is 30.6 Å². The fourth-order valence-electron chi connectivity index (χ4n) is 4.54. The monoisotopic (exact) mass is 477 g/mol. The van der Waals surface area contributed by atoms with Gasteiger partial charge in [-0.25, -0.2) is 24.0 Å². The topological polar surface area (TPSA) is 99.2 Å². The van der Waals surface area contributed by atoms with E-state index in [1.807, 2.05) is 24.7 Å². The van der Waals surface area contributed by atoms with E-state index in [4.69, 9.17) is 4.74 Å². The zero-order chi connectivity index (χ0) is 24.5. The molecule has 0 bridgehead atoms. The van der Waals surface area contributed by atoms with Crippen LogP contribution in [0.2, 0.25) is 0 Å². The normalized spacial score (nSPS) is 15.4. The first-order valence-electron chi connectivity index (χ1n) is 11.8. The molecule has 5 rings (SSSR count). The highest BCUT2D eigenvalue weighted by Gasteiger charge is 2.23. The van der Waals surface area contributed by atoms with Gasteiger partial charge in [0, 0.05) is 45.6 Å². The van der Waals surface area contributed by atoms with Crippen LogP contribution < -0.4 is 5.32 Å². The summed E-state index contributed by atoms with van der Waals surface area (Å²) in [5.41, 5.74) is 3.04. The van der Waals surface area contributed by atoms with Crippen LogP contribution in [-0.4, -0.2) is 48.8 Å². The second-order valence-corrected chi connectivity index (χ2v) is 8.95. The van der Waals surface area contributed by atoms with Gasteiger partial charge >= 0.3 is 0 Å². The third kappa shape index (κ3) is 4.53. The number of halogens is 1. The van der Waals surface area contributed by atoms with Crippen molar-refractivity contribution < 1.29 is 13.9 Å². The van der Waals surface area contributed by atoms with Crippen molar-refractivity contribution in [3.63, 3.8) is 0 Å². The summed E-state index contributed by atoms with van der Waals surface area (Å²) in [4.78, 5) is 26.4. The quantitative estimate of drug-likeness (QED) is 0.439. The summed E-state index contributed by atoms with van der Waals surface area (Å²) in [6.07, 6.45) is 5.89. The largest absolute Gasteiger partial charge is 0.384 e. The van der Waals surface area contributed by atoms with E-state index in [2.05, 4.69) is 25.4 Å². The minimum Gasteiger partial charge on any atom is -0.384 e. The first kappa shape index (κ1) is 23.1. The molecule has 1 aliphatic heterocycles. The van der Waals surface area contributed by atoms with Gasteiger partial charge in [0.25, 0.3) is 5.91 Å².